The molecule has 23 heavy (non-hydrogen) atoms. The number of rotatable bonds is 1. The molecule has 3 fully saturated rings. The van der Waals surface area contributed by atoms with Crippen molar-refractivity contribution in [1.29, 1.82) is 0 Å². The van der Waals surface area contributed by atoms with E-state index < -0.39 is 11.3 Å². The average Bonchev–Trinajstić information content (AvgIpc) is 2.82. The van der Waals surface area contributed by atoms with Crippen molar-refractivity contribution >= 4 is 11.4 Å². The van der Waals surface area contributed by atoms with Crippen LogP contribution >= 0.6 is 0 Å². The fraction of sp³-hybridized carbons (Fsp3) is 0.875. The van der Waals surface area contributed by atoms with Gasteiger partial charge in [-0.3, -0.25) is 4.90 Å². The zero-order valence-corrected chi connectivity index (χ0v) is 13.5. The lowest BCUT2D eigenvalue weighted by atomic mass is 9.65. The SMILES string of the molecule is [O-][N+]1=C2CCC/C(=N/O)[C@@]2(O)[C@H]2CCCC[C@]21[NH+]1CCOCC1. The van der Waals surface area contributed by atoms with Gasteiger partial charge in [-0.05, 0) is 25.7 Å². The molecule has 0 amide bonds. The quantitative estimate of drug-likeness (QED) is 0.262. The van der Waals surface area contributed by atoms with Crippen LogP contribution in [0.25, 0.3) is 0 Å². The molecule has 0 unspecified atom stereocenters. The van der Waals surface area contributed by atoms with Crippen LogP contribution in [0.15, 0.2) is 5.16 Å². The monoisotopic (exact) mass is 324 g/mol. The fourth-order valence-corrected chi connectivity index (χ4v) is 5.57. The predicted molar refractivity (Wildman–Crippen MR) is 82.9 cm³/mol. The number of nitrogens with one attached hydrogen (secondary N) is 1. The van der Waals surface area contributed by atoms with Crippen LogP contribution in [0, 0.1) is 11.1 Å². The van der Waals surface area contributed by atoms with Crippen molar-refractivity contribution in [1.82, 2.24) is 0 Å². The van der Waals surface area contributed by atoms with Crippen molar-refractivity contribution in [3.05, 3.63) is 5.21 Å². The molecule has 2 aliphatic carbocycles. The molecule has 0 spiro atoms. The Labute approximate surface area is 135 Å². The molecule has 0 radical (unpaired) electrons. The Morgan fingerprint density at radius 2 is 2.00 bits per heavy atom. The van der Waals surface area contributed by atoms with E-state index in [1.807, 2.05) is 0 Å². The molecule has 3 N–H and O–H groups in total. The second kappa shape index (κ2) is 5.43. The van der Waals surface area contributed by atoms with Crippen molar-refractivity contribution in [2.24, 2.45) is 11.1 Å². The minimum Gasteiger partial charge on any atom is -0.619 e. The summed E-state index contributed by atoms with van der Waals surface area (Å²) in [4.78, 5) is 1.23. The number of aliphatic hydroxyl groups is 1. The van der Waals surface area contributed by atoms with Crippen molar-refractivity contribution in [3.8, 4) is 0 Å². The first-order valence-electron chi connectivity index (χ1n) is 8.86. The Hall–Kier alpha value is -1.18. The molecule has 1 saturated heterocycles. The van der Waals surface area contributed by atoms with E-state index in [9.17, 15) is 15.5 Å². The maximum Gasteiger partial charge on any atom is 0.303 e. The van der Waals surface area contributed by atoms with E-state index in [0.717, 1.165) is 49.9 Å². The van der Waals surface area contributed by atoms with Crippen molar-refractivity contribution < 1.29 is 24.7 Å². The van der Waals surface area contributed by atoms with Gasteiger partial charge in [0.15, 0.2) is 0 Å². The number of hydrogen-bond donors (Lipinski definition) is 3. The minimum atomic E-state index is -1.35. The van der Waals surface area contributed by atoms with Crippen LogP contribution in [0.3, 0.4) is 0 Å². The lowest BCUT2D eigenvalue weighted by Gasteiger charge is -2.45. The van der Waals surface area contributed by atoms with Crippen molar-refractivity contribution in [2.75, 3.05) is 26.3 Å². The van der Waals surface area contributed by atoms with Crippen LogP contribution in [0.4, 0.5) is 0 Å². The molecular formula is C16H26N3O4+. The number of nitrogens with zero attached hydrogens (tertiary/aromatic N) is 2. The van der Waals surface area contributed by atoms with E-state index in [2.05, 4.69) is 5.16 Å². The van der Waals surface area contributed by atoms with Crippen molar-refractivity contribution in [2.45, 2.75) is 56.2 Å². The molecule has 2 aliphatic heterocycles. The van der Waals surface area contributed by atoms with Crippen LogP contribution in [-0.2, 0) is 4.74 Å². The maximum absolute atomic E-state index is 13.4. The van der Waals surface area contributed by atoms with E-state index in [0.29, 0.717) is 37.5 Å². The first kappa shape index (κ1) is 15.4. The number of hydrogen-bond acceptors (Lipinski definition) is 5. The Kier molecular flexibility index (Phi) is 3.62. The van der Waals surface area contributed by atoms with Gasteiger partial charge in [-0.2, -0.15) is 4.74 Å². The first-order chi connectivity index (χ1) is 11.2. The largest absolute Gasteiger partial charge is 0.619 e. The van der Waals surface area contributed by atoms with Gasteiger partial charge in [0.05, 0.1) is 25.3 Å². The van der Waals surface area contributed by atoms with Crippen LogP contribution in [0.2, 0.25) is 0 Å². The highest BCUT2D eigenvalue weighted by atomic mass is 16.5. The summed E-state index contributed by atoms with van der Waals surface area (Å²) >= 11 is 0. The van der Waals surface area contributed by atoms with Crippen LogP contribution in [0.1, 0.15) is 44.9 Å². The molecule has 128 valence electrons. The number of quaternary nitrogens is 1. The number of ether oxygens (including phenoxy) is 1. The van der Waals surface area contributed by atoms with Crippen LogP contribution in [0.5, 0.6) is 0 Å². The number of morpholine rings is 1. The van der Waals surface area contributed by atoms with Gasteiger partial charge in [0.1, 0.15) is 19.0 Å². The van der Waals surface area contributed by atoms with Gasteiger partial charge < -0.3 is 20.3 Å². The fourth-order valence-electron chi connectivity index (χ4n) is 5.57. The lowest BCUT2D eigenvalue weighted by molar-refractivity contribution is -1.05. The zero-order chi connectivity index (χ0) is 16.1. The summed E-state index contributed by atoms with van der Waals surface area (Å²) in [6.45, 7) is 2.91. The standard InChI is InChI=1S/C16H25N3O4/c20-16-12-4-1-2-7-15(12,18-8-10-23-11-9-18)19(22)14(16)6-3-5-13(16)17-21/h12,20-21H,1-11H2/p+1/b17-13-/t12-,15+,16-/m0/s1. The maximum atomic E-state index is 13.4. The summed E-state index contributed by atoms with van der Waals surface area (Å²) in [5.74, 6) is -0.185. The van der Waals surface area contributed by atoms with Crippen LogP contribution < -0.4 is 4.90 Å². The second-order valence-electron chi connectivity index (χ2n) is 7.35. The highest BCUT2D eigenvalue weighted by molar-refractivity contribution is 6.15. The molecule has 4 aliphatic rings. The highest BCUT2D eigenvalue weighted by Crippen LogP contribution is 2.48. The van der Waals surface area contributed by atoms with E-state index in [1.165, 1.54) is 4.90 Å². The Morgan fingerprint density at radius 3 is 2.74 bits per heavy atom. The summed E-state index contributed by atoms with van der Waals surface area (Å²) in [6.07, 6.45) is 5.55. The molecular weight excluding hydrogens is 298 g/mol. The van der Waals surface area contributed by atoms with Gasteiger partial charge in [0.25, 0.3) is 0 Å². The topological polar surface area (TPSA) is 92.6 Å². The Bertz CT molecular complexity index is 558. The summed E-state index contributed by atoms with van der Waals surface area (Å²) in [7, 11) is 0. The van der Waals surface area contributed by atoms with Gasteiger partial charge in [-0.1, -0.05) is 11.6 Å². The third-order valence-electron chi connectivity index (χ3n) is 6.53. The highest BCUT2D eigenvalue weighted by Gasteiger charge is 2.74. The second-order valence-corrected chi connectivity index (χ2v) is 7.35. The molecule has 2 saturated carbocycles. The predicted octanol–water partition coefficient (Wildman–Crippen LogP) is -0.502. The molecule has 0 aromatic rings. The summed E-state index contributed by atoms with van der Waals surface area (Å²) in [5, 5.41) is 37.8. The Morgan fingerprint density at radius 1 is 1.22 bits per heavy atom. The smallest absolute Gasteiger partial charge is 0.303 e. The third kappa shape index (κ3) is 1.87. The van der Waals surface area contributed by atoms with Crippen molar-refractivity contribution in [3.63, 3.8) is 0 Å². The van der Waals surface area contributed by atoms with E-state index in [-0.39, 0.29) is 5.92 Å². The Balaban J connectivity index is 1.85. The minimum absolute atomic E-state index is 0.185. The van der Waals surface area contributed by atoms with Crippen LogP contribution in [-0.4, -0.2) is 64.0 Å². The lowest BCUT2D eigenvalue weighted by Crippen LogP contribution is -3.24. The summed E-state index contributed by atoms with van der Waals surface area (Å²) < 4.78 is 6.62. The number of hydroxylamine groups is 1. The van der Waals surface area contributed by atoms with Gasteiger partial charge in [0, 0.05) is 6.42 Å². The molecule has 3 atom stereocenters. The number of oxime groups is 1. The van der Waals surface area contributed by atoms with E-state index >= 15 is 0 Å². The van der Waals surface area contributed by atoms with Gasteiger partial charge in [-0.25, -0.2) is 0 Å². The zero-order valence-electron chi connectivity index (χ0n) is 13.5. The average molecular weight is 324 g/mol. The molecule has 2 heterocycles. The normalized spacial score (nSPS) is 43.5. The molecule has 0 aromatic heterocycles. The molecule has 0 bridgehead atoms. The number of fused-ring (bicyclic) bond motifs is 3. The molecule has 7 nitrogen and oxygen atoms in total. The van der Waals surface area contributed by atoms with Gasteiger partial charge in [-0.15, -0.1) is 0 Å². The van der Waals surface area contributed by atoms with E-state index in [4.69, 9.17) is 4.74 Å². The molecule has 0 aromatic carbocycles. The third-order valence-corrected chi connectivity index (χ3v) is 6.53. The summed E-state index contributed by atoms with van der Waals surface area (Å²) in [5.41, 5.74) is -1.05. The van der Waals surface area contributed by atoms with Gasteiger partial charge in [0.2, 0.25) is 11.3 Å². The molecule has 4 rings (SSSR count). The first-order valence-corrected chi connectivity index (χ1v) is 8.86. The van der Waals surface area contributed by atoms with Gasteiger partial charge >= 0.3 is 5.66 Å². The molecule has 7 heteroatoms. The van der Waals surface area contributed by atoms with E-state index in [1.54, 1.807) is 0 Å². The summed E-state index contributed by atoms with van der Waals surface area (Å²) in [6, 6.07) is 0.